The van der Waals surface area contributed by atoms with Crippen LogP contribution in [0.2, 0.25) is 0 Å². The van der Waals surface area contributed by atoms with Gasteiger partial charge in [0, 0.05) is 0 Å². The van der Waals surface area contributed by atoms with Crippen LogP contribution in [-0.2, 0) is 5.75 Å². The van der Waals surface area contributed by atoms with Gasteiger partial charge >= 0.3 is 0 Å². The lowest BCUT2D eigenvalue weighted by Gasteiger charge is -1.98. The van der Waals surface area contributed by atoms with Gasteiger partial charge in [0.15, 0.2) is 5.82 Å². The van der Waals surface area contributed by atoms with Crippen LogP contribution >= 0.6 is 11.8 Å². The fourth-order valence-electron chi connectivity index (χ4n) is 1.37. The summed E-state index contributed by atoms with van der Waals surface area (Å²) in [5.41, 5.74) is 0.249. The molecule has 0 radical (unpaired) electrons. The lowest BCUT2D eigenvalue weighted by molar-refractivity contribution is 0.424. The highest BCUT2D eigenvalue weighted by atomic mass is 32.2. The number of rotatable bonds is 3. The molecule has 1 heterocycles. The third-order valence-electron chi connectivity index (χ3n) is 2.10. The first kappa shape index (κ1) is 11.6. The Labute approximate surface area is 101 Å². The second kappa shape index (κ2) is 4.97. The molecule has 86 valence electrons. The number of nitriles is 1. The minimum absolute atomic E-state index is 0.0770. The van der Waals surface area contributed by atoms with Gasteiger partial charge in [-0.3, -0.25) is 0 Å². The number of benzene rings is 1. The van der Waals surface area contributed by atoms with Gasteiger partial charge in [0.25, 0.3) is 5.89 Å². The molecule has 0 bridgehead atoms. The third-order valence-corrected chi connectivity index (χ3v) is 2.64. The number of thioether (sulfide) groups is 1. The summed E-state index contributed by atoms with van der Waals surface area (Å²) in [6.45, 7) is 0. The van der Waals surface area contributed by atoms with Gasteiger partial charge in [-0.2, -0.15) is 22.0 Å². The Morgan fingerprint density at radius 1 is 1.53 bits per heavy atom. The number of nitrogens with zero attached hydrogens (tertiary/aromatic N) is 3. The van der Waals surface area contributed by atoms with Crippen LogP contribution in [0.15, 0.2) is 22.7 Å². The molecule has 2 aromatic rings. The van der Waals surface area contributed by atoms with E-state index in [0.29, 0.717) is 17.1 Å². The van der Waals surface area contributed by atoms with Crippen molar-refractivity contribution < 1.29 is 8.91 Å². The largest absolute Gasteiger partial charge is 0.334 e. The highest BCUT2D eigenvalue weighted by Crippen LogP contribution is 2.24. The molecule has 0 spiro atoms. The second-order valence-electron chi connectivity index (χ2n) is 3.22. The van der Waals surface area contributed by atoms with Crippen LogP contribution in [-0.4, -0.2) is 16.4 Å². The van der Waals surface area contributed by atoms with E-state index in [1.54, 1.807) is 23.9 Å². The van der Waals surface area contributed by atoms with Gasteiger partial charge in [0.2, 0.25) is 0 Å². The monoisotopic (exact) mass is 249 g/mol. The number of halogens is 1. The van der Waals surface area contributed by atoms with Crippen molar-refractivity contribution in [1.82, 2.24) is 10.1 Å². The summed E-state index contributed by atoms with van der Waals surface area (Å²) in [7, 11) is 0. The smallest absolute Gasteiger partial charge is 0.259 e. The lowest BCUT2D eigenvalue weighted by Crippen LogP contribution is -1.89. The molecule has 0 aliphatic heterocycles. The quantitative estimate of drug-likeness (QED) is 0.836. The predicted octanol–water partition coefficient (Wildman–Crippen LogP) is 2.61. The Bertz CT molecular complexity index is 576. The second-order valence-corrected chi connectivity index (χ2v) is 4.09. The summed E-state index contributed by atoms with van der Waals surface area (Å²) in [5, 5.41) is 12.6. The zero-order valence-corrected chi connectivity index (χ0v) is 9.79. The van der Waals surface area contributed by atoms with Gasteiger partial charge in [0.05, 0.1) is 11.3 Å². The summed E-state index contributed by atoms with van der Waals surface area (Å²) >= 11 is 1.55. The van der Waals surface area contributed by atoms with Crippen molar-refractivity contribution in [1.29, 1.82) is 5.26 Å². The van der Waals surface area contributed by atoms with Crippen molar-refractivity contribution in [2.75, 3.05) is 6.26 Å². The molecule has 0 saturated heterocycles. The highest BCUT2D eigenvalue weighted by Gasteiger charge is 2.15. The molecule has 0 amide bonds. The zero-order valence-electron chi connectivity index (χ0n) is 8.98. The predicted molar refractivity (Wildman–Crippen MR) is 61.6 cm³/mol. The average Bonchev–Trinajstić information content (AvgIpc) is 2.78. The average molecular weight is 249 g/mol. The number of hydrogen-bond donors (Lipinski definition) is 0. The molecule has 0 aliphatic carbocycles. The topological polar surface area (TPSA) is 62.7 Å². The van der Waals surface area contributed by atoms with Crippen molar-refractivity contribution in [2.24, 2.45) is 0 Å². The Hall–Kier alpha value is -1.87. The van der Waals surface area contributed by atoms with Crippen LogP contribution in [0.3, 0.4) is 0 Å². The fraction of sp³-hybridized carbons (Fsp3) is 0.182. The first-order chi connectivity index (χ1) is 8.26. The van der Waals surface area contributed by atoms with E-state index in [1.165, 1.54) is 12.1 Å². The highest BCUT2D eigenvalue weighted by molar-refractivity contribution is 7.97. The van der Waals surface area contributed by atoms with E-state index < -0.39 is 5.82 Å². The molecule has 0 aliphatic rings. The normalized spacial score (nSPS) is 10.2. The molecule has 4 nitrogen and oxygen atoms in total. The zero-order chi connectivity index (χ0) is 12.3. The van der Waals surface area contributed by atoms with Crippen LogP contribution < -0.4 is 0 Å². The summed E-state index contributed by atoms with van der Waals surface area (Å²) in [5.74, 6) is 0.723. The molecular formula is C11H8FN3OS. The van der Waals surface area contributed by atoms with Crippen LogP contribution in [0.25, 0.3) is 11.5 Å². The van der Waals surface area contributed by atoms with E-state index in [0.717, 1.165) is 0 Å². The Kier molecular flexibility index (Phi) is 3.40. The molecule has 0 unspecified atom stereocenters. The first-order valence-electron chi connectivity index (χ1n) is 4.76. The lowest BCUT2D eigenvalue weighted by atomic mass is 10.1. The first-order valence-corrected chi connectivity index (χ1v) is 6.16. The minimum Gasteiger partial charge on any atom is -0.334 e. The van der Waals surface area contributed by atoms with E-state index >= 15 is 0 Å². The van der Waals surface area contributed by atoms with Crippen LogP contribution in [0.5, 0.6) is 0 Å². The third kappa shape index (κ3) is 2.29. The van der Waals surface area contributed by atoms with Gasteiger partial charge in [-0.05, 0) is 18.4 Å². The minimum atomic E-state index is -0.588. The molecule has 2 rings (SSSR count). The van der Waals surface area contributed by atoms with E-state index in [-0.39, 0.29) is 11.5 Å². The van der Waals surface area contributed by atoms with Crippen molar-refractivity contribution in [2.45, 2.75) is 5.75 Å². The van der Waals surface area contributed by atoms with Crippen molar-refractivity contribution in [3.8, 4) is 17.5 Å². The molecular weight excluding hydrogens is 241 g/mol. The van der Waals surface area contributed by atoms with Gasteiger partial charge in [-0.25, -0.2) is 4.39 Å². The maximum absolute atomic E-state index is 13.4. The molecule has 0 atom stereocenters. The van der Waals surface area contributed by atoms with Gasteiger partial charge in [-0.15, -0.1) is 0 Å². The van der Waals surface area contributed by atoms with Gasteiger partial charge in [-0.1, -0.05) is 11.2 Å². The molecule has 6 heteroatoms. The van der Waals surface area contributed by atoms with Crippen LogP contribution in [0, 0.1) is 17.1 Å². The summed E-state index contributed by atoms with van der Waals surface area (Å²) in [6, 6.07) is 6.10. The summed E-state index contributed by atoms with van der Waals surface area (Å²) in [6.07, 6.45) is 1.92. The van der Waals surface area contributed by atoms with Crippen LogP contribution in [0.4, 0.5) is 4.39 Å². The van der Waals surface area contributed by atoms with E-state index in [4.69, 9.17) is 9.78 Å². The van der Waals surface area contributed by atoms with Gasteiger partial charge < -0.3 is 4.52 Å². The molecule has 0 saturated carbocycles. The van der Waals surface area contributed by atoms with Crippen molar-refractivity contribution in [3.05, 3.63) is 35.4 Å². The van der Waals surface area contributed by atoms with E-state index in [1.807, 2.05) is 6.26 Å². The van der Waals surface area contributed by atoms with E-state index in [2.05, 4.69) is 10.1 Å². The molecule has 1 aromatic carbocycles. The standard InChI is InChI=1S/C11H8FN3OS/c1-17-6-10-14-11(16-15-10)7-3-2-4-9(12)8(7)5-13/h2-4H,6H2,1H3. The molecule has 0 N–H and O–H groups in total. The number of aromatic nitrogens is 2. The Morgan fingerprint density at radius 2 is 2.35 bits per heavy atom. The SMILES string of the molecule is CSCc1noc(-c2cccc(F)c2C#N)n1. The van der Waals surface area contributed by atoms with E-state index in [9.17, 15) is 4.39 Å². The van der Waals surface area contributed by atoms with Crippen molar-refractivity contribution >= 4 is 11.8 Å². The maximum atomic E-state index is 13.4. The summed E-state index contributed by atoms with van der Waals surface area (Å²) < 4.78 is 18.4. The van der Waals surface area contributed by atoms with Crippen molar-refractivity contribution in [3.63, 3.8) is 0 Å². The number of hydrogen-bond acceptors (Lipinski definition) is 5. The van der Waals surface area contributed by atoms with Gasteiger partial charge in [0.1, 0.15) is 17.4 Å². The Balaban J connectivity index is 2.46. The molecule has 1 aromatic heterocycles. The summed E-state index contributed by atoms with van der Waals surface area (Å²) in [4.78, 5) is 4.10. The maximum Gasteiger partial charge on any atom is 0.259 e. The molecule has 17 heavy (non-hydrogen) atoms. The van der Waals surface area contributed by atoms with Crippen LogP contribution in [0.1, 0.15) is 11.4 Å². The Morgan fingerprint density at radius 3 is 3.06 bits per heavy atom. The molecule has 0 fully saturated rings. The fourth-order valence-corrected chi connectivity index (χ4v) is 1.74.